The van der Waals surface area contributed by atoms with Gasteiger partial charge in [0.25, 0.3) is 0 Å². The Hall–Kier alpha value is -1.59. The number of fused-ring (bicyclic) bond motifs is 5. The van der Waals surface area contributed by atoms with Crippen LogP contribution >= 0.6 is 0 Å². The second-order valence-electron chi connectivity index (χ2n) is 12.8. The quantitative estimate of drug-likeness (QED) is 0.403. The lowest BCUT2D eigenvalue weighted by Crippen LogP contribution is -2.61. The van der Waals surface area contributed by atoms with Crippen LogP contribution in [0.25, 0.3) is 0 Å². The van der Waals surface area contributed by atoms with Crippen molar-refractivity contribution in [2.75, 3.05) is 13.6 Å². The number of carbonyl (C=O) groups is 3. The van der Waals surface area contributed by atoms with Crippen LogP contribution in [0, 0.1) is 34.5 Å². The van der Waals surface area contributed by atoms with Crippen molar-refractivity contribution in [2.45, 2.75) is 116 Å². The van der Waals surface area contributed by atoms with Crippen LogP contribution in [0.5, 0.6) is 0 Å². The van der Waals surface area contributed by atoms with E-state index in [1.807, 2.05) is 7.05 Å². The summed E-state index contributed by atoms with van der Waals surface area (Å²) in [7, 11) is 2.03. The standard InChI is InChI=1S/C29H48N2O4/c1-28-17-15-23-21(12-14-24-29(23,2)18-16-26(33)31(24)3)22(28)13-11-20(28)19-30-25(32)9-7-5-4-6-8-10-27(34)35/h20-24H,4-19H2,1-3H3,(H,30,32)(H,34,35)/t20-,21?,22?,23?,24-,28-,29-/m1/s1. The summed E-state index contributed by atoms with van der Waals surface area (Å²) in [6.45, 7) is 5.82. The number of unbranched alkanes of at least 4 members (excludes halogenated alkanes) is 4. The molecule has 0 aromatic carbocycles. The molecule has 6 nitrogen and oxygen atoms in total. The number of carboxylic acids is 1. The molecule has 0 radical (unpaired) electrons. The molecule has 3 aliphatic carbocycles. The maximum Gasteiger partial charge on any atom is 0.303 e. The van der Waals surface area contributed by atoms with E-state index in [0.29, 0.717) is 36.1 Å². The molecule has 4 aliphatic rings. The van der Waals surface area contributed by atoms with Gasteiger partial charge in [0.1, 0.15) is 0 Å². The van der Waals surface area contributed by atoms with Crippen molar-refractivity contribution in [1.82, 2.24) is 10.2 Å². The van der Waals surface area contributed by atoms with Crippen molar-refractivity contribution in [2.24, 2.45) is 34.5 Å². The first-order valence-electron chi connectivity index (χ1n) is 14.4. The number of carboxylic acid groups (broad SMARTS) is 1. The van der Waals surface area contributed by atoms with E-state index in [9.17, 15) is 14.4 Å². The molecule has 35 heavy (non-hydrogen) atoms. The van der Waals surface area contributed by atoms with E-state index in [-0.39, 0.29) is 17.7 Å². The van der Waals surface area contributed by atoms with Crippen LogP contribution in [-0.4, -0.2) is 47.4 Å². The number of hydrogen-bond acceptors (Lipinski definition) is 3. The van der Waals surface area contributed by atoms with Crippen molar-refractivity contribution in [3.05, 3.63) is 0 Å². The molecule has 4 fully saturated rings. The Morgan fingerprint density at radius 2 is 1.60 bits per heavy atom. The molecule has 0 spiro atoms. The molecule has 2 N–H and O–H groups in total. The third kappa shape index (κ3) is 5.27. The highest BCUT2D eigenvalue weighted by Gasteiger charge is 2.60. The van der Waals surface area contributed by atoms with Gasteiger partial charge in [-0.2, -0.15) is 0 Å². The van der Waals surface area contributed by atoms with Crippen LogP contribution < -0.4 is 5.32 Å². The van der Waals surface area contributed by atoms with Crippen LogP contribution in [0.15, 0.2) is 0 Å². The van der Waals surface area contributed by atoms with Crippen molar-refractivity contribution in [3.8, 4) is 0 Å². The fraction of sp³-hybridized carbons (Fsp3) is 0.897. The number of rotatable bonds is 10. The second kappa shape index (κ2) is 10.8. The maximum atomic E-state index is 12.5. The van der Waals surface area contributed by atoms with E-state index in [0.717, 1.165) is 69.2 Å². The lowest BCUT2D eigenvalue weighted by molar-refractivity contribution is -0.158. The molecule has 1 saturated heterocycles. The van der Waals surface area contributed by atoms with Crippen molar-refractivity contribution in [1.29, 1.82) is 0 Å². The van der Waals surface area contributed by atoms with Crippen LogP contribution in [0.4, 0.5) is 0 Å². The van der Waals surface area contributed by atoms with Crippen molar-refractivity contribution in [3.63, 3.8) is 0 Å². The summed E-state index contributed by atoms with van der Waals surface area (Å²) in [5.41, 5.74) is 0.602. The fourth-order valence-corrected chi connectivity index (χ4v) is 9.01. The van der Waals surface area contributed by atoms with Gasteiger partial charge in [0.15, 0.2) is 0 Å². The number of nitrogens with one attached hydrogen (secondary N) is 1. The third-order valence-corrected chi connectivity index (χ3v) is 11.1. The number of carbonyl (C=O) groups excluding carboxylic acids is 2. The highest BCUT2D eigenvalue weighted by molar-refractivity contribution is 5.77. The van der Waals surface area contributed by atoms with Crippen LogP contribution in [0.3, 0.4) is 0 Å². The minimum absolute atomic E-state index is 0.180. The Morgan fingerprint density at radius 1 is 0.914 bits per heavy atom. The Bertz CT molecular complexity index is 800. The Morgan fingerprint density at radius 3 is 2.34 bits per heavy atom. The summed E-state index contributed by atoms with van der Waals surface area (Å²) in [4.78, 5) is 37.5. The number of likely N-dealkylation sites (tertiary alicyclic amines) is 1. The summed E-state index contributed by atoms with van der Waals surface area (Å²) < 4.78 is 0. The first-order chi connectivity index (χ1) is 16.7. The minimum Gasteiger partial charge on any atom is -0.481 e. The summed E-state index contributed by atoms with van der Waals surface area (Å²) >= 11 is 0. The first-order valence-corrected chi connectivity index (χ1v) is 14.4. The third-order valence-electron chi connectivity index (χ3n) is 11.1. The Balaban J connectivity index is 1.25. The van der Waals surface area contributed by atoms with Gasteiger partial charge in [0.2, 0.25) is 11.8 Å². The van der Waals surface area contributed by atoms with Crippen molar-refractivity contribution >= 4 is 17.8 Å². The van der Waals surface area contributed by atoms with E-state index >= 15 is 0 Å². The fourth-order valence-electron chi connectivity index (χ4n) is 9.01. The zero-order valence-corrected chi connectivity index (χ0v) is 22.3. The molecule has 198 valence electrons. The molecule has 3 saturated carbocycles. The summed E-state index contributed by atoms with van der Waals surface area (Å²) in [5, 5.41) is 12.0. The molecular formula is C29H48N2O4. The molecule has 1 heterocycles. The van der Waals surface area contributed by atoms with E-state index in [1.165, 1.54) is 32.1 Å². The van der Waals surface area contributed by atoms with E-state index in [2.05, 4.69) is 24.1 Å². The maximum absolute atomic E-state index is 12.5. The van der Waals surface area contributed by atoms with Gasteiger partial charge in [-0.1, -0.05) is 33.1 Å². The van der Waals surface area contributed by atoms with E-state index in [4.69, 9.17) is 5.11 Å². The van der Waals surface area contributed by atoms with Gasteiger partial charge < -0.3 is 15.3 Å². The number of nitrogens with zero attached hydrogens (tertiary/aromatic N) is 1. The van der Waals surface area contributed by atoms with Crippen LogP contribution in [0.1, 0.15) is 110 Å². The monoisotopic (exact) mass is 488 g/mol. The van der Waals surface area contributed by atoms with E-state index in [1.54, 1.807) is 0 Å². The average Bonchev–Trinajstić information content (AvgIpc) is 3.16. The lowest BCUT2D eigenvalue weighted by Gasteiger charge is -2.61. The number of amides is 2. The zero-order valence-electron chi connectivity index (χ0n) is 22.3. The highest BCUT2D eigenvalue weighted by atomic mass is 16.4. The average molecular weight is 489 g/mol. The number of aliphatic carboxylic acids is 1. The van der Waals surface area contributed by atoms with Crippen molar-refractivity contribution < 1.29 is 19.5 Å². The number of piperidine rings is 1. The van der Waals surface area contributed by atoms with E-state index < -0.39 is 5.97 Å². The molecule has 3 unspecified atom stereocenters. The first kappa shape index (κ1) is 26.5. The topological polar surface area (TPSA) is 86.7 Å². The summed E-state index contributed by atoms with van der Waals surface area (Å²) in [5.74, 6) is 2.64. The normalized spacial score (nSPS) is 38.4. The van der Waals surface area contributed by atoms with Gasteiger partial charge in [-0.3, -0.25) is 14.4 Å². The Kier molecular flexibility index (Phi) is 8.17. The SMILES string of the molecule is CN1C(=O)CC[C@]2(C)C3CC[C@@]4(C)C(CC[C@@H]4CNC(=O)CCCCCCCC(=O)O)C3CC[C@@H]12. The molecule has 2 amide bonds. The van der Waals surface area contributed by atoms with Gasteiger partial charge >= 0.3 is 5.97 Å². The predicted molar refractivity (Wildman–Crippen MR) is 137 cm³/mol. The molecule has 6 heteroatoms. The van der Waals surface area contributed by atoms with Gasteiger partial charge in [0, 0.05) is 38.9 Å². The molecule has 0 bridgehead atoms. The molecule has 7 atom stereocenters. The number of hydrogen-bond donors (Lipinski definition) is 2. The molecule has 0 aromatic rings. The Labute approximate surface area is 212 Å². The summed E-state index contributed by atoms with van der Waals surface area (Å²) in [6.07, 6.45) is 14.7. The molecular weight excluding hydrogens is 440 g/mol. The molecule has 4 rings (SSSR count). The molecule has 1 aliphatic heterocycles. The van der Waals surface area contributed by atoms with Gasteiger partial charge in [-0.25, -0.2) is 0 Å². The second-order valence-corrected chi connectivity index (χ2v) is 12.8. The smallest absolute Gasteiger partial charge is 0.303 e. The largest absolute Gasteiger partial charge is 0.481 e. The van der Waals surface area contributed by atoms with Crippen LogP contribution in [0.2, 0.25) is 0 Å². The summed E-state index contributed by atoms with van der Waals surface area (Å²) in [6, 6.07) is 0.419. The predicted octanol–water partition coefficient (Wildman–Crippen LogP) is 5.40. The lowest BCUT2D eigenvalue weighted by atomic mass is 9.47. The van der Waals surface area contributed by atoms with Crippen LogP contribution in [-0.2, 0) is 14.4 Å². The van der Waals surface area contributed by atoms with Gasteiger partial charge in [-0.15, -0.1) is 0 Å². The highest BCUT2D eigenvalue weighted by Crippen LogP contribution is 2.66. The minimum atomic E-state index is -0.722. The van der Waals surface area contributed by atoms with Gasteiger partial charge in [0.05, 0.1) is 0 Å². The molecule has 0 aromatic heterocycles. The zero-order chi connectivity index (χ0) is 25.2. The van der Waals surface area contributed by atoms with Gasteiger partial charge in [-0.05, 0) is 92.3 Å².